The lowest BCUT2D eigenvalue weighted by Crippen LogP contribution is -2.32. The summed E-state index contributed by atoms with van der Waals surface area (Å²) in [6.45, 7) is 3.69. The fourth-order valence-electron chi connectivity index (χ4n) is 3.29. The Hall–Kier alpha value is -3.32. The molecule has 0 atom stereocenters. The Bertz CT molecular complexity index is 1370. The average molecular weight is 515 g/mol. The number of hydrogen-bond donors (Lipinski definition) is 2. The van der Waals surface area contributed by atoms with E-state index in [9.17, 15) is 14.4 Å². The van der Waals surface area contributed by atoms with Gasteiger partial charge in [-0.15, -0.1) is 0 Å². The molecular formula is C25H18Cl3N3O3. The molecule has 0 spiro atoms. The largest absolute Gasteiger partial charge is 0.350 e. The van der Waals surface area contributed by atoms with Crippen molar-refractivity contribution in [1.82, 2.24) is 0 Å². The Balaban J connectivity index is 1.48. The lowest BCUT2D eigenvalue weighted by molar-refractivity contribution is -0.120. The number of rotatable bonds is 5. The first-order valence-corrected chi connectivity index (χ1v) is 11.3. The number of halogens is 3. The minimum absolute atomic E-state index is 0.0603. The standard InChI is InChI=1S/C25H18Cl3N3O3/c1-13-3-7-17(11-19(13)26)30-23(32)15-5-8-16(9-6-15)29-22-21(28)24(33)31(25(22)34)18-10-4-14(2)20(27)12-18/h3-12,29H,1-2H3,(H,30,32). The van der Waals surface area contributed by atoms with Gasteiger partial charge in [0.2, 0.25) is 0 Å². The summed E-state index contributed by atoms with van der Waals surface area (Å²) in [6, 6.07) is 16.5. The van der Waals surface area contributed by atoms with Gasteiger partial charge in [0.05, 0.1) is 5.69 Å². The molecule has 1 heterocycles. The number of hydrogen-bond acceptors (Lipinski definition) is 4. The maximum Gasteiger partial charge on any atom is 0.283 e. The second-order valence-corrected chi connectivity index (χ2v) is 8.88. The molecule has 3 amide bonds. The number of nitrogens with zero attached hydrogens (tertiary/aromatic N) is 1. The van der Waals surface area contributed by atoms with Gasteiger partial charge in [-0.05, 0) is 73.5 Å². The molecule has 0 unspecified atom stereocenters. The van der Waals surface area contributed by atoms with E-state index in [1.807, 2.05) is 19.9 Å². The molecule has 0 radical (unpaired) electrons. The van der Waals surface area contributed by atoms with Crippen LogP contribution in [0.3, 0.4) is 0 Å². The van der Waals surface area contributed by atoms with Crippen molar-refractivity contribution in [2.24, 2.45) is 0 Å². The molecule has 2 N–H and O–H groups in total. The molecule has 0 fully saturated rings. The monoisotopic (exact) mass is 513 g/mol. The number of carbonyl (C=O) groups is 3. The number of imide groups is 1. The van der Waals surface area contributed by atoms with Gasteiger partial charge in [-0.3, -0.25) is 14.4 Å². The Kier molecular flexibility index (Phi) is 6.66. The zero-order chi connectivity index (χ0) is 24.6. The zero-order valence-electron chi connectivity index (χ0n) is 18.1. The van der Waals surface area contributed by atoms with Crippen LogP contribution < -0.4 is 15.5 Å². The van der Waals surface area contributed by atoms with Gasteiger partial charge in [-0.1, -0.05) is 46.9 Å². The minimum atomic E-state index is -0.651. The molecular weight excluding hydrogens is 497 g/mol. The number of nitrogens with one attached hydrogen (secondary N) is 2. The van der Waals surface area contributed by atoms with Crippen LogP contribution in [0.1, 0.15) is 21.5 Å². The van der Waals surface area contributed by atoms with E-state index < -0.39 is 11.8 Å². The van der Waals surface area contributed by atoms with Gasteiger partial charge in [0.1, 0.15) is 10.7 Å². The van der Waals surface area contributed by atoms with Crippen molar-refractivity contribution in [2.45, 2.75) is 13.8 Å². The number of amides is 3. The van der Waals surface area contributed by atoms with Crippen LogP contribution in [0.4, 0.5) is 17.1 Å². The van der Waals surface area contributed by atoms with Crippen LogP contribution in [0, 0.1) is 13.8 Å². The summed E-state index contributed by atoms with van der Waals surface area (Å²) < 4.78 is 0. The molecule has 34 heavy (non-hydrogen) atoms. The van der Waals surface area contributed by atoms with Gasteiger partial charge in [0.25, 0.3) is 17.7 Å². The average Bonchev–Trinajstić information content (AvgIpc) is 3.02. The van der Waals surface area contributed by atoms with Crippen LogP contribution in [0.2, 0.25) is 10.0 Å². The van der Waals surface area contributed by atoms with E-state index in [1.54, 1.807) is 48.5 Å². The van der Waals surface area contributed by atoms with E-state index in [1.165, 1.54) is 6.07 Å². The second kappa shape index (κ2) is 9.50. The van der Waals surface area contributed by atoms with Crippen molar-refractivity contribution >= 4 is 69.6 Å². The van der Waals surface area contributed by atoms with Gasteiger partial charge >= 0.3 is 0 Å². The molecule has 4 rings (SSSR count). The third kappa shape index (κ3) is 4.66. The molecule has 1 aliphatic heterocycles. The topological polar surface area (TPSA) is 78.5 Å². The Labute approximate surface area is 211 Å². The summed E-state index contributed by atoms with van der Waals surface area (Å²) in [6.07, 6.45) is 0. The first-order chi connectivity index (χ1) is 16.2. The van der Waals surface area contributed by atoms with Gasteiger partial charge in [-0.2, -0.15) is 0 Å². The zero-order valence-corrected chi connectivity index (χ0v) is 20.3. The first-order valence-electron chi connectivity index (χ1n) is 10.1. The Morgan fingerprint density at radius 1 is 0.765 bits per heavy atom. The van der Waals surface area contributed by atoms with Crippen molar-refractivity contribution in [2.75, 3.05) is 15.5 Å². The molecule has 0 aliphatic carbocycles. The van der Waals surface area contributed by atoms with Crippen molar-refractivity contribution in [3.05, 3.63) is 98.1 Å². The van der Waals surface area contributed by atoms with E-state index in [0.717, 1.165) is 16.0 Å². The van der Waals surface area contributed by atoms with Crippen LogP contribution in [0.25, 0.3) is 0 Å². The molecule has 3 aromatic rings. The third-order valence-corrected chi connectivity index (χ3v) is 6.45. The summed E-state index contributed by atoms with van der Waals surface area (Å²) in [5, 5.41) is 6.41. The van der Waals surface area contributed by atoms with E-state index in [-0.39, 0.29) is 16.6 Å². The summed E-state index contributed by atoms with van der Waals surface area (Å²) in [7, 11) is 0. The number of carbonyl (C=O) groups excluding carboxylic acids is 3. The highest BCUT2D eigenvalue weighted by molar-refractivity contribution is 6.53. The third-order valence-electron chi connectivity index (χ3n) is 5.29. The highest BCUT2D eigenvalue weighted by Gasteiger charge is 2.39. The van der Waals surface area contributed by atoms with Gasteiger partial charge in [0, 0.05) is 27.0 Å². The van der Waals surface area contributed by atoms with Crippen LogP contribution in [0.15, 0.2) is 71.4 Å². The smallest absolute Gasteiger partial charge is 0.283 e. The lowest BCUT2D eigenvalue weighted by atomic mass is 10.1. The molecule has 3 aromatic carbocycles. The summed E-state index contributed by atoms with van der Waals surface area (Å²) in [5.41, 5.74) is 3.44. The van der Waals surface area contributed by atoms with Crippen molar-refractivity contribution < 1.29 is 14.4 Å². The molecule has 1 aliphatic rings. The van der Waals surface area contributed by atoms with Gasteiger partial charge < -0.3 is 10.6 Å². The highest BCUT2D eigenvalue weighted by Crippen LogP contribution is 2.32. The lowest BCUT2D eigenvalue weighted by Gasteiger charge is -2.16. The molecule has 0 aromatic heterocycles. The maximum absolute atomic E-state index is 12.9. The number of aryl methyl sites for hydroxylation is 2. The second-order valence-electron chi connectivity index (χ2n) is 7.69. The molecule has 0 saturated carbocycles. The molecule has 0 saturated heterocycles. The Morgan fingerprint density at radius 3 is 1.97 bits per heavy atom. The van der Waals surface area contributed by atoms with Gasteiger partial charge in [0.15, 0.2) is 0 Å². The fraction of sp³-hybridized carbons (Fsp3) is 0.0800. The summed E-state index contributed by atoms with van der Waals surface area (Å²) in [4.78, 5) is 39.1. The summed E-state index contributed by atoms with van der Waals surface area (Å²) >= 11 is 18.4. The quantitative estimate of drug-likeness (QED) is 0.392. The van der Waals surface area contributed by atoms with Crippen molar-refractivity contribution in [3.63, 3.8) is 0 Å². The van der Waals surface area contributed by atoms with Crippen LogP contribution in [-0.2, 0) is 9.59 Å². The number of anilines is 3. The molecule has 172 valence electrons. The minimum Gasteiger partial charge on any atom is -0.350 e. The highest BCUT2D eigenvalue weighted by atomic mass is 35.5. The predicted octanol–water partition coefficient (Wildman–Crippen LogP) is 6.30. The van der Waals surface area contributed by atoms with Crippen LogP contribution in [0.5, 0.6) is 0 Å². The van der Waals surface area contributed by atoms with Gasteiger partial charge in [-0.25, -0.2) is 4.90 Å². The fourth-order valence-corrected chi connectivity index (χ4v) is 3.86. The molecule has 6 nitrogen and oxygen atoms in total. The van der Waals surface area contributed by atoms with Crippen LogP contribution in [-0.4, -0.2) is 17.7 Å². The van der Waals surface area contributed by atoms with E-state index in [4.69, 9.17) is 34.8 Å². The summed E-state index contributed by atoms with van der Waals surface area (Å²) in [5.74, 6) is -1.58. The van der Waals surface area contributed by atoms with Crippen molar-refractivity contribution in [3.8, 4) is 0 Å². The van der Waals surface area contributed by atoms with E-state index in [0.29, 0.717) is 32.7 Å². The maximum atomic E-state index is 12.9. The van der Waals surface area contributed by atoms with E-state index in [2.05, 4.69) is 10.6 Å². The van der Waals surface area contributed by atoms with E-state index >= 15 is 0 Å². The SMILES string of the molecule is Cc1ccc(NC(=O)c2ccc(NC3=C(Cl)C(=O)N(c4ccc(C)c(Cl)c4)C3=O)cc2)cc1Cl. The normalized spacial score (nSPS) is 13.5. The van der Waals surface area contributed by atoms with Crippen LogP contribution >= 0.6 is 34.8 Å². The molecule has 9 heteroatoms. The predicted molar refractivity (Wildman–Crippen MR) is 136 cm³/mol. The Morgan fingerprint density at radius 2 is 1.35 bits per heavy atom. The number of benzene rings is 3. The van der Waals surface area contributed by atoms with Crippen molar-refractivity contribution in [1.29, 1.82) is 0 Å². The molecule has 0 bridgehead atoms. The first kappa shape index (κ1) is 23.8.